The Hall–Kier alpha value is -3.41. The van der Waals surface area contributed by atoms with Gasteiger partial charge in [0, 0.05) is 6.54 Å². The number of hydrogen-bond acceptors (Lipinski definition) is 4. The van der Waals surface area contributed by atoms with Gasteiger partial charge in [-0.25, -0.2) is 5.43 Å². The monoisotopic (exact) mass is 365 g/mol. The topological polar surface area (TPSA) is 79.8 Å². The summed E-state index contributed by atoms with van der Waals surface area (Å²) in [6, 6.07) is 17.1. The van der Waals surface area contributed by atoms with Crippen LogP contribution in [0, 0.1) is 0 Å². The quantitative estimate of drug-likeness (QED) is 0.294. The molecule has 6 nitrogen and oxygen atoms in total. The van der Waals surface area contributed by atoms with Crippen LogP contribution >= 0.6 is 0 Å². The average Bonchev–Trinajstić information content (AvgIpc) is 2.67. The lowest BCUT2D eigenvalue weighted by Gasteiger charge is -2.05. The first-order chi connectivity index (χ1) is 13.2. The molecule has 2 rings (SSSR count). The Morgan fingerprint density at radius 2 is 1.89 bits per heavy atom. The first-order valence-corrected chi connectivity index (χ1v) is 8.63. The van der Waals surface area contributed by atoms with Crippen molar-refractivity contribution in [3.63, 3.8) is 0 Å². The molecule has 0 aliphatic rings. The molecular weight excluding hydrogens is 342 g/mol. The highest BCUT2D eigenvalue weighted by atomic mass is 16.5. The Morgan fingerprint density at radius 3 is 2.67 bits per heavy atom. The molecule has 0 unspecified atom stereocenters. The molecule has 0 atom stereocenters. The van der Waals surface area contributed by atoms with Crippen molar-refractivity contribution in [3.05, 3.63) is 78.4 Å². The predicted octanol–water partition coefficient (Wildman–Crippen LogP) is 2.45. The van der Waals surface area contributed by atoms with Crippen LogP contribution in [-0.2, 0) is 16.0 Å². The van der Waals surface area contributed by atoms with Crippen LogP contribution in [-0.4, -0.2) is 31.2 Å². The van der Waals surface area contributed by atoms with Crippen molar-refractivity contribution in [3.8, 4) is 5.75 Å². The fourth-order valence-electron chi connectivity index (χ4n) is 2.26. The van der Waals surface area contributed by atoms with Crippen LogP contribution in [0.5, 0.6) is 5.75 Å². The second-order valence-electron chi connectivity index (χ2n) is 5.73. The van der Waals surface area contributed by atoms with E-state index in [1.807, 2.05) is 48.5 Å². The lowest BCUT2D eigenvalue weighted by atomic mass is 10.1. The summed E-state index contributed by atoms with van der Waals surface area (Å²) in [5, 5.41) is 6.58. The summed E-state index contributed by atoms with van der Waals surface area (Å²) >= 11 is 0. The zero-order valence-corrected chi connectivity index (χ0v) is 15.1. The molecule has 0 aliphatic carbocycles. The molecule has 0 aromatic heterocycles. The lowest BCUT2D eigenvalue weighted by molar-refractivity contribution is -0.129. The van der Waals surface area contributed by atoms with Gasteiger partial charge in [-0.2, -0.15) is 5.10 Å². The van der Waals surface area contributed by atoms with Crippen molar-refractivity contribution in [2.45, 2.75) is 12.8 Å². The number of ether oxygens (including phenoxy) is 1. The van der Waals surface area contributed by atoms with Crippen LogP contribution < -0.4 is 15.5 Å². The molecule has 2 N–H and O–H groups in total. The summed E-state index contributed by atoms with van der Waals surface area (Å²) in [5.74, 6) is -0.121. The van der Waals surface area contributed by atoms with E-state index in [0.29, 0.717) is 18.9 Å². The van der Waals surface area contributed by atoms with Crippen LogP contribution in [0.3, 0.4) is 0 Å². The number of nitrogens with one attached hydrogen (secondary N) is 2. The van der Waals surface area contributed by atoms with Gasteiger partial charge in [0.05, 0.1) is 6.21 Å². The average molecular weight is 365 g/mol. The smallest absolute Gasteiger partial charge is 0.249 e. The molecule has 0 fully saturated rings. The molecule has 0 spiro atoms. The van der Waals surface area contributed by atoms with Crippen LogP contribution in [0.1, 0.15) is 17.5 Å². The Balaban J connectivity index is 1.69. The van der Waals surface area contributed by atoms with Crippen molar-refractivity contribution in [2.75, 3.05) is 13.2 Å². The van der Waals surface area contributed by atoms with Crippen molar-refractivity contribution >= 4 is 18.0 Å². The van der Waals surface area contributed by atoms with Crippen LogP contribution in [0.15, 0.2) is 72.4 Å². The Labute approximate surface area is 158 Å². The molecule has 0 radical (unpaired) electrons. The minimum Gasteiger partial charge on any atom is -0.490 e. The zero-order valence-electron chi connectivity index (χ0n) is 15.1. The summed E-state index contributed by atoms with van der Waals surface area (Å²) in [6.45, 7) is 4.49. The van der Waals surface area contributed by atoms with Gasteiger partial charge in [0.2, 0.25) is 11.8 Å². The minimum atomic E-state index is -0.470. The largest absolute Gasteiger partial charge is 0.490 e. The van der Waals surface area contributed by atoms with Crippen LogP contribution in [0.25, 0.3) is 0 Å². The summed E-state index contributed by atoms with van der Waals surface area (Å²) < 4.78 is 5.43. The molecule has 0 aliphatic heterocycles. The van der Waals surface area contributed by atoms with Gasteiger partial charge in [-0.1, -0.05) is 55.1 Å². The van der Waals surface area contributed by atoms with E-state index in [9.17, 15) is 9.59 Å². The van der Waals surface area contributed by atoms with Crippen LogP contribution in [0.2, 0.25) is 0 Å². The number of benzene rings is 2. The number of nitrogens with zero attached hydrogens (tertiary/aromatic N) is 1. The normalized spacial score (nSPS) is 10.4. The summed E-state index contributed by atoms with van der Waals surface area (Å²) in [4.78, 5) is 23.5. The highest BCUT2D eigenvalue weighted by molar-refractivity contribution is 5.97. The number of rotatable bonds is 10. The van der Waals surface area contributed by atoms with E-state index >= 15 is 0 Å². The zero-order chi connectivity index (χ0) is 19.3. The van der Waals surface area contributed by atoms with Gasteiger partial charge >= 0.3 is 0 Å². The first kappa shape index (κ1) is 19.9. The van der Waals surface area contributed by atoms with Gasteiger partial charge in [0.15, 0.2) is 0 Å². The van der Waals surface area contributed by atoms with Gasteiger partial charge in [-0.15, -0.1) is 0 Å². The number of carbonyl (C=O) groups excluding carboxylic acids is 2. The minimum absolute atomic E-state index is 0.269. The summed E-state index contributed by atoms with van der Waals surface area (Å²) in [6.07, 6.45) is 3.60. The molecule has 2 aromatic rings. The number of hydrogen-bond donors (Lipinski definition) is 2. The second kappa shape index (κ2) is 11.3. The van der Waals surface area contributed by atoms with Gasteiger partial charge < -0.3 is 10.1 Å². The maximum absolute atomic E-state index is 11.8. The van der Waals surface area contributed by atoms with Crippen molar-refractivity contribution in [1.29, 1.82) is 0 Å². The molecule has 6 heteroatoms. The van der Waals surface area contributed by atoms with Gasteiger partial charge in [0.25, 0.3) is 0 Å². The summed E-state index contributed by atoms with van der Waals surface area (Å²) in [7, 11) is 0. The van der Waals surface area contributed by atoms with Crippen LogP contribution in [0.4, 0.5) is 0 Å². The SMILES string of the molecule is C=CCOc1cccc(/C=N/NC(=O)CC(=O)NCCc2ccccc2)c1. The third-order valence-corrected chi connectivity index (χ3v) is 3.53. The fraction of sp³-hybridized carbons (Fsp3) is 0.190. The van der Waals surface area contributed by atoms with Gasteiger partial charge in [-0.3, -0.25) is 9.59 Å². The van der Waals surface area contributed by atoms with Crippen molar-refractivity contribution in [2.24, 2.45) is 5.10 Å². The van der Waals surface area contributed by atoms with Crippen molar-refractivity contribution < 1.29 is 14.3 Å². The molecule has 27 heavy (non-hydrogen) atoms. The molecule has 0 heterocycles. The highest BCUT2D eigenvalue weighted by Crippen LogP contribution is 2.11. The Morgan fingerprint density at radius 1 is 1.07 bits per heavy atom. The predicted molar refractivity (Wildman–Crippen MR) is 106 cm³/mol. The van der Waals surface area contributed by atoms with E-state index in [4.69, 9.17) is 4.74 Å². The molecule has 0 saturated heterocycles. The Bertz CT molecular complexity index is 788. The fourth-order valence-corrected chi connectivity index (χ4v) is 2.26. The first-order valence-electron chi connectivity index (χ1n) is 8.63. The third kappa shape index (κ3) is 8.00. The standard InChI is InChI=1S/C21H23N3O3/c1-2-13-27-19-10-6-9-18(14-19)16-23-24-21(26)15-20(25)22-12-11-17-7-4-3-5-8-17/h2-10,14,16H,1,11-13,15H2,(H,22,25)(H,24,26)/b23-16+. The molecule has 0 bridgehead atoms. The third-order valence-electron chi connectivity index (χ3n) is 3.53. The molecule has 2 aromatic carbocycles. The molecule has 0 saturated carbocycles. The van der Waals surface area contributed by atoms with E-state index in [2.05, 4.69) is 22.4 Å². The number of carbonyl (C=O) groups is 2. The van der Waals surface area contributed by atoms with E-state index < -0.39 is 5.91 Å². The van der Waals surface area contributed by atoms with Gasteiger partial charge in [0.1, 0.15) is 18.8 Å². The number of amides is 2. The Kier molecular flexibility index (Phi) is 8.30. The van der Waals surface area contributed by atoms with E-state index in [0.717, 1.165) is 17.5 Å². The van der Waals surface area contributed by atoms with E-state index in [-0.39, 0.29) is 12.3 Å². The molecular formula is C21H23N3O3. The lowest BCUT2D eigenvalue weighted by Crippen LogP contribution is -2.31. The molecule has 140 valence electrons. The van der Waals surface area contributed by atoms with E-state index in [1.165, 1.54) is 6.21 Å². The van der Waals surface area contributed by atoms with Gasteiger partial charge in [-0.05, 0) is 29.7 Å². The summed E-state index contributed by atoms with van der Waals surface area (Å²) in [5.41, 5.74) is 4.24. The highest BCUT2D eigenvalue weighted by Gasteiger charge is 2.07. The maximum atomic E-state index is 11.8. The molecule has 2 amide bonds. The van der Waals surface area contributed by atoms with Crippen molar-refractivity contribution in [1.82, 2.24) is 10.7 Å². The maximum Gasteiger partial charge on any atom is 0.249 e. The second-order valence-corrected chi connectivity index (χ2v) is 5.73. The number of hydrazone groups is 1. The van der Waals surface area contributed by atoms with E-state index in [1.54, 1.807) is 12.1 Å².